The van der Waals surface area contributed by atoms with E-state index >= 15 is 0 Å². The van der Waals surface area contributed by atoms with Crippen molar-refractivity contribution in [3.05, 3.63) is 21.9 Å². The Bertz CT molecular complexity index is 353. The highest BCUT2D eigenvalue weighted by molar-refractivity contribution is 7.10. The summed E-state index contributed by atoms with van der Waals surface area (Å²) in [5, 5.41) is 2.25. The Labute approximate surface area is 102 Å². The maximum Gasteiger partial charge on any atom is 0.0108 e. The van der Waals surface area contributed by atoms with Crippen LogP contribution in [-0.2, 0) is 6.42 Å². The largest absolute Gasteiger partial charge is 0.327 e. The monoisotopic (exact) mass is 235 g/mol. The predicted molar refractivity (Wildman–Crippen MR) is 69.9 cm³/mol. The zero-order chi connectivity index (χ0) is 11.0. The number of rotatable bonds is 4. The smallest absolute Gasteiger partial charge is 0.0108 e. The van der Waals surface area contributed by atoms with Gasteiger partial charge < -0.3 is 5.73 Å². The SMILES string of the molecule is NC(CCC1CC1)C1CCCc2sccc21. The lowest BCUT2D eigenvalue weighted by Gasteiger charge is -2.28. The molecule has 0 aromatic carbocycles. The third-order valence-corrected chi connectivity index (χ3v) is 5.22. The first-order chi connectivity index (χ1) is 7.84. The fourth-order valence-corrected chi connectivity index (χ4v) is 4.00. The van der Waals surface area contributed by atoms with Crippen molar-refractivity contribution in [1.82, 2.24) is 0 Å². The molecule has 3 rings (SSSR count). The summed E-state index contributed by atoms with van der Waals surface area (Å²) in [6, 6.07) is 2.73. The normalized spacial score (nSPS) is 26.4. The summed E-state index contributed by atoms with van der Waals surface area (Å²) in [5.74, 6) is 1.69. The van der Waals surface area contributed by atoms with Crippen molar-refractivity contribution in [2.24, 2.45) is 11.7 Å². The molecule has 0 amide bonds. The molecule has 88 valence electrons. The lowest BCUT2D eigenvalue weighted by Crippen LogP contribution is -2.30. The minimum atomic E-state index is 0.411. The molecule has 0 bridgehead atoms. The Morgan fingerprint density at radius 2 is 2.25 bits per heavy atom. The van der Waals surface area contributed by atoms with Crippen LogP contribution >= 0.6 is 11.3 Å². The predicted octanol–water partition coefficient (Wildman–Crippen LogP) is 3.69. The van der Waals surface area contributed by atoms with E-state index in [0.717, 1.165) is 5.92 Å². The van der Waals surface area contributed by atoms with Gasteiger partial charge in [0, 0.05) is 16.8 Å². The first-order valence-corrected chi connectivity index (χ1v) is 7.54. The number of hydrogen-bond donors (Lipinski definition) is 1. The zero-order valence-corrected chi connectivity index (χ0v) is 10.6. The maximum absolute atomic E-state index is 6.40. The summed E-state index contributed by atoms with van der Waals surface area (Å²) in [7, 11) is 0. The molecule has 0 radical (unpaired) electrons. The molecule has 2 N–H and O–H groups in total. The zero-order valence-electron chi connectivity index (χ0n) is 9.82. The summed E-state index contributed by atoms with van der Waals surface area (Å²) < 4.78 is 0. The number of fused-ring (bicyclic) bond motifs is 1. The highest BCUT2D eigenvalue weighted by atomic mass is 32.1. The molecule has 0 spiro atoms. The average molecular weight is 235 g/mol. The van der Waals surface area contributed by atoms with Gasteiger partial charge in [0.1, 0.15) is 0 Å². The van der Waals surface area contributed by atoms with Crippen molar-refractivity contribution in [2.75, 3.05) is 0 Å². The third kappa shape index (κ3) is 2.18. The molecule has 2 aliphatic rings. The maximum atomic E-state index is 6.40. The Morgan fingerprint density at radius 1 is 1.38 bits per heavy atom. The second-order valence-corrected chi connectivity index (χ2v) is 6.48. The molecule has 16 heavy (non-hydrogen) atoms. The molecule has 2 atom stereocenters. The van der Waals surface area contributed by atoms with Crippen molar-refractivity contribution < 1.29 is 0 Å². The van der Waals surface area contributed by atoms with Gasteiger partial charge in [0.25, 0.3) is 0 Å². The number of hydrogen-bond acceptors (Lipinski definition) is 2. The van der Waals surface area contributed by atoms with Gasteiger partial charge in [0.15, 0.2) is 0 Å². The number of aryl methyl sites for hydroxylation is 1. The van der Waals surface area contributed by atoms with E-state index in [1.807, 2.05) is 11.3 Å². The van der Waals surface area contributed by atoms with Crippen molar-refractivity contribution >= 4 is 11.3 Å². The van der Waals surface area contributed by atoms with Crippen LogP contribution in [0.15, 0.2) is 11.4 Å². The molecular formula is C14H21NS. The summed E-state index contributed by atoms with van der Waals surface area (Å²) in [4.78, 5) is 1.61. The number of thiophene rings is 1. The first kappa shape index (κ1) is 10.8. The van der Waals surface area contributed by atoms with Gasteiger partial charge in [-0.2, -0.15) is 0 Å². The quantitative estimate of drug-likeness (QED) is 0.846. The molecule has 2 aliphatic carbocycles. The van der Waals surface area contributed by atoms with Gasteiger partial charge in [-0.15, -0.1) is 11.3 Å². The van der Waals surface area contributed by atoms with Crippen LogP contribution in [0.3, 0.4) is 0 Å². The van der Waals surface area contributed by atoms with Gasteiger partial charge in [0.05, 0.1) is 0 Å². The topological polar surface area (TPSA) is 26.0 Å². The van der Waals surface area contributed by atoms with Gasteiger partial charge in [0.2, 0.25) is 0 Å². The minimum absolute atomic E-state index is 0.411. The van der Waals surface area contributed by atoms with Crippen LogP contribution in [0.5, 0.6) is 0 Å². The van der Waals surface area contributed by atoms with Crippen molar-refractivity contribution in [1.29, 1.82) is 0 Å². The molecule has 1 nitrogen and oxygen atoms in total. The van der Waals surface area contributed by atoms with Crippen LogP contribution in [0, 0.1) is 5.92 Å². The van der Waals surface area contributed by atoms with Crippen LogP contribution in [0.25, 0.3) is 0 Å². The van der Waals surface area contributed by atoms with Crippen molar-refractivity contribution in [2.45, 2.75) is 56.9 Å². The molecular weight excluding hydrogens is 214 g/mol. The van der Waals surface area contributed by atoms with Crippen molar-refractivity contribution in [3.8, 4) is 0 Å². The van der Waals surface area contributed by atoms with Crippen LogP contribution in [0.2, 0.25) is 0 Å². The second-order valence-electron chi connectivity index (χ2n) is 5.48. The fraction of sp³-hybridized carbons (Fsp3) is 0.714. The van der Waals surface area contributed by atoms with E-state index in [2.05, 4.69) is 11.4 Å². The van der Waals surface area contributed by atoms with E-state index in [1.165, 1.54) is 44.9 Å². The van der Waals surface area contributed by atoms with Crippen molar-refractivity contribution in [3.63, 3.8) is 0 Å². The molecule has 2 heteroatoms. The Morgan fingerprint density at radius 3 is 3.06 bits per heavy atom. The third-order valence-electron chi connectivity index (χ3n) is 4.22. The molecule has 2 unspecified atom stereocenters. The Balaban J connectivity index is 1.65. The van der Waals surface area contributed by atoms with E-state index in [9.17, 15) is 0 Å². The highest BCUT2D eigenvalue weighted by Crippen LogP contribution is 2.39. The van der Waals surface area contributed by atoms with E-state index in [1.54, 1.807) is 10.4 Å². The second kappa shape index (κ2) is 4.50. The van der Waals surface area contributed by atoms with E-state index in [-0.39, 0.29) is 0 Å². The van der Waals surface area contributed by atoms with Gasteiger partial charge in [-0.1, -0.05) is 12.8 Å². The molecule has 1 aromatic heterocycles. The molecule has 1 aromatic rings. The molecule has 1 heterocycles. The average Bonchev–Trinajstić information content (AvgIpc) is 3.01. The number of nitrogens with two attached hydrogens (primary N) is 1. The Hall–Kier alpha value is -0.340. The van der Waals surface area contributed by atoms with Gasteiger partial charge >= 0.3 is 0 Å². The Kier molecular flexibility index (Phi) is 3.03. The van der Waals surface area contributed by atoms with Gasteiger partial charge in [-0.25, -0.2) is 0 Å². The minimum Gasteiger partial charge on any atom is -0.327 e. The van der Waals surface area contributed by atoms with E-state index in [4.69, 9.17) is 5.73 Å². The highest BCUT2D eigenvalue weighted by Gasteiger charge is 2.28. The lowest BCUT2D eigenvalue weighted by molar-refractivity contribution is 0.428. The van der Waals surface area contributed by atoms with E-state index < -0.39 is 0 Å². The van der Waals surface area contributed by atoms with Crippen LogP contribution in [0.1, 0.15) is 54.9 Å². The molecule has 0 aliphatic heterocycles. The summed E-state index contributed by atoms with van der Waals surface area (Å²) >= 11 is 1.93. The molecule has 0 saturated heterocycles. The fourth-order valence-electron chi connectivity index (χ4n) is 3.00. The van der Waals surface area contributed by atoms with Crippen LogP contribution in [-0.4, -0.2) is 6.04 Å². The van der Waals surface area contributed by atoms with Gasteiger partial charge in [-0.05, 0) is 55.0 Å². The first-order valence-electron chi connectivity index (χ1n) is 6.66. The van der Waals surface area contributed by atoms with Gasteiger partial charge in [-0.3, -0.25) is 0 Å². The molecule has 1 fully saturated rings. The van der Waals surface area contributed by atoms with Crippen LogP contribution in [0.4, 0.5) is 0 Å². The summed E-state index contributed by atoms with van der Waals surface area (Å²) in [6.45, 7) is 0. The molecule has 1 saturated carbocycles. The van der Waals surface area contributed by atoms with E-state index in [0.29, 0.717) is 12.0 Å². The van der Waals surface area contributed by atoms with Crippen LogP contribution < -0.4 is 5.73 Å². The summed E-state index contributed by atoms with van der Waals surface area (Å²) in [6.07, 6.45) is 9.48. The lowest BCUT2D eigenvalue weighted by atomic mass is 9.81. The summed E-state index contributed by atoms with van der Waals surface area (Å²) in [5.41, 5.74) is 7.99. The standard InChI is InChI=1S/C14H21NS/c15-13(7-6-10-4-5-10)11-2-1-3-14-12(11)8-9-16-14/h8-11,13H,1-7,15H2.